The predicted octanol–water partition coefficient (Wildman–Crippen LogP) is 3.17. The molecule has 0 unspecified atom stereocenters. The van der Waals surface area contributed by atoms with Gasteiger partial charge in [-0.3, -0.25) is 4.79 Å². The van der Waals surface area contributed by atoms with E-state index in [2.05, 4.69) is 17.2 Å². The first-order valence-corrected chi connectivity index (χ1v) is 7.22. The molecule has 1 aromatic heterocycles. The van der Waals surface area contributed by atoms with Crippen molar-refractivity contribution in [1.82, 2.24) is 9.88 Å². The quantitative estimate of drug-likeness (QED) is 0.733. The average molecular weight is 263 g/mol. The number of anilines is 1. The maximum absolute atomic E-state index is 12.1. The SMILES string of the molecule is CCCCCNc1ccc(C(=O)N(CC)CC)nc1. The molecule has 1 aromatic rings. The highest BCUT2D eigenvalue weighted by Gasteiger charge is 2.13. The van der Waals surface area contributed by atoms with Crippen LogP contribution in [0.1, 0.15) is 50.5 Å². The molecule has 0 aromatic carbocycles. The van der Waals surface area contributed by atoms with E-state index in [1.165, 1.54) is 12.8 Å². The van der Waals surface area contributed by atoms with E-state index in [0.717, 1.165) is 18.7 Å². The number of pyridine rings is 1. The van der Waals surface area contributed by atoms with Crippen LogP contribution in [0.5, 0.6) is 0 Å². The first-order valence-electron chi connectivity index (χ1n) is 7.22. The van der Waals surface area contributed by atoms with Crippen molar-refractivity contribution in [3.05, 3.63) is 24.0 Å². The molecular formula is C15H25N3O. The maximum atomic E-state index is 12.1. The second-order valence-corrected chi connectivity index (χ2v) is 4.54. The molecule has 0 bridgehead atoms. The van der Waals surface area contributed by atoms with Crippen LogP contribution < -0.4 is 5.32 Å². The largest absolute Gasteiger partial charge is 0.384 e. The van der Waals surface area contributed by atoms with Gasteiger partial charge in [0.25, 0.3) is 5.91 Å². The van der Waals surface area contributed by atoms with Crippen LogP contribution in [0.25, 0.3) is 0 Å². The normalized spacial score (nSPS) is 10.3. The van der Waals surface area contributed by atoms with Crippen molar-refractivity contribution >= 4 is 11.6 Å². The van der Waals surface area contributed by atoms with Gasteiger partial charge in [-0.25, -0.2) is 4.98 Å². The average Bonchev–Trinajstić information content (AvgIpc) is 2.45. The molecule has 0 aliphatic carbocycles. The Balaban J connectivity index is 2.53. The van der Waals surface area contributed by atoms with E-state index in [4.69, 9.17) is 0 Å². The van der Waals surface area contributed by atoms with Crippen LogP contribution in [0.3, 0.4) is 0 Å². The number of nitrogens with one attached hydrogen (secondary N) is 1. The van der Waals surface area contributed by atoms with Crippen LogP contribution in [-0.4, -0.2) is 35.4 Å². The number of hydrogen-bond donors (Lipinski definition) is 1. The van der Waals surface area contributed by atoms with Gasteiger partial charge in [-0.1, -0.05) is 19.8 Å². The summed E-state index contributed by atoms with van der Waals surface area (Å²) in [6.07, 6.45) is 5.36. The van der Waals surface area contributed by atoms with Crippen LogP contribution in [0.4, 0.5) is 5.69 Å². The summed E-state index contributed by atoms with van der Waals surface area (Å²) >= 11 is 0. The smallest absolute Gasteiger partial charge is 0.272 e. The zero-order chi connectivity index (χ0) is 14.1. The molecule has 1 N–H and O–H groups in total. The third kappa shape index (κ3) is 4.89. The lowest BCUT2D eigenvalue weighted by molar-refractivity contribution is 0.0767. The fourth-order valence-corrected chi connectivity index (χ4v) is 1.91. The molecule has 0 fully saturated rings. The molecule has 106 valence electrons. The van der Waals surface area contributed by atoms with Gasteiger partial charge in [0.1, 0.15) is 5.69 Å². The van der Waals surface area contributed by atoms with Gasteiger partial charge in [-0.15, -0.1) is 0 Å². The highest BCUT2D eigenvalue weighted by Crippen LogP contribution is 2.09. The Morgan fingerprint density at radius 1 is 1.21 bits per heavy atom. The van der Waals surface area contributed by atoms with E-state index in [9.17, 15) is 4.79 Å². The molecule has 0 atom stereocenters. The van der Waals surface area contributed by atoms with E-state index >= 15 is 0 Å². The highest BCUT2D eigenvalue weighted by atomic mass is 16.2. The number of amides is 1. The minimum Gasteiger partial charge on any atom is -0.384 e. The fourth-order valence-electron chi connectivity index (χ4n) is 1.91. The molecule has 1 rings (SSSR count). The van der Waals surface area contributed by atoms with Crippen LogP contribution >= 0.6 is 0 Å². The molecule has 19 heavy (non-hydrogen) atoms. The number of carbonyl (C=O) groups is 1. The Hall–Kier alpha value is -1.58. The van der Waals surface area contributed by atoms with Crippen LogP contribution in [0.15, 0.2) is 18.3 Å². The van der Waals surface area contributed by atoms with Gasteiger partial charge in [-0.05, 0) is 32.4 Å². The van der Waals surface area contributed by atoms with E-state index in [0.29, 0.717) is 18.8 Å². The first kappa shape index (κ1) is 15.5. The minimum absolute atomic E-state index is 0.00235. The maximum Gasteiger partial charge on any atom is 0.272 e. The minimum atomic E-state index is 0.00235. The molecule has 1 amide bonds. The predicted molar refractivity (Wildman–Crippen MR) is 79.5 cm³/mol. The van der Waals surface area contributed by atoms with Crippen molar-refractivity contribution in [3.63, 3.8) is 0 Å². The van der Waals surface area contributed by atoms with Crippen molar-refractivity contribution in [3.8, 4) is 0 Å². The van der Waals surface area contributed by atoms with Crippen LogP contribution in [0.2, 0.25) is 0 Å². The number of rotatable bonds is 8. The molecular weight excluding hydrogens is 238 g/mol. The van der Waals surface area contributed by atoms with E-state index in [-0.39, 0.29) is 5.91 Å². The van der Waals surface area contributed by atoms with Crippen molar-refractivity contribution in [2.75, 3.05) is 25.0 Å². The molecule has 0 saturated carbocycles. The summed E-state index contributed by atoms with van der Waals surface area (Å²) in [6, 6.07) is 3.72. The topological polar surface area (TPSA) is 45.2 Å². The number of aromatic nitrogens is 1. The Bertz CT molecular complexity index is 371. The summed E-state index contributed by atoms with van der Waals surface area (Å²) in [6.45, 7) is 8.53. The van der Waals surface area contributed by atoms with E-state index in [1.54, 1.807) is 17.2 Å². The van der Waals surface area contributed by atoms with E-state index < -0.39 is 0 Å². The lowest BCUT2D eigenvalue weighted by Gasteiger charge is -2.18. The monoisotopic (exact) mass is 263 g/mol. The summed E-state index contributed by atoms with van der Waals surface area (Å²) in [5.41, 5.74) is 1.50. The fraction of sp³-hybridized carbons (Fsp3) is 0.600. The Morgan fingerprint density at radius 3 is 2.47 bits per heavy atom. The summed E-state index contributed by atoms with van der Waals surface area (Å²) in [5.74, 6) is 0.00235. The third-order valence-electron chi connectivity index (χ3n) is 3.14. The van der Waals surface area contributed by atoms with Crippen molar-refractivity contribution in [2.45, 2.75) is 40.0 Å². The van der Waals surface area contributed by atoms with Crippen molar-refractivity contribution in [1.29, 1.82) is 0 Å². The number of unbranched alkanes of at least 4 members (excludes halogenated alkanes) is 2. The molecule has 4 nitrogen and oxygen atoms in total. The van der Waals surface area contributed by atoms with Crippen molar-refractivity contribution in [2.24, 2.45) is 0 Å². The van der Waals surface area contributed by atoms with Gasteiger partial charge in [0.05, 0.1) is 11.9 Å². The van der Waals surface area contributed by atoms with Gasteiger partial charge in [0, 0.05) is 19.6 Å². The van der Waals surface area contributed by atoms with Gasteiger partial charge in [0.15, 0.2) is 0 Å². The zero-order valence-corrected chi connectivity index (χ0v) is 12.3. The number of nitrogens with zero attached hydrogens (tertiary/aromatic N) is 2. The summed E-state index contributed by atoms with van der Waals surface area (Å²) in [4.78, 5) is 18.1. The van der Waals surface area contributed by atoms with Gasteiger partial charge in [0.2, 0.25) is 0 Å². The Labute approximate surface area is 116 Å². The van der Waals surface area contributed by atoms with Gasteiger partial charge < -0.3 is 10.2 Å². The first-order chi connectivity index (χ1) is 9.22. The summed E-state index contributed by atoms with van der Waals surface area (Å²) in [7, 11) is 0. The lowest BCUT2D eigenvalue weighted by Crippen LogP contribution is -2.31. The standard InChI is InChI=1S/C15H25N3O/c1-4-7-8-11-16-13-9-10-14(17-12-13)15(19)18(5-2)6-3/h9-10,12,16H,4-8,11H2,1-3H3. The lowest BCUT2D eigenvalue weighted by atomic mass is 10.2. The summed E-state index contributed by atoms with van der Waals surface area (Å²) in [5, 5.41) is 3.32. The molecule has 0 aliphatic heterocycles. The van der Waals surface area contributed by atoms with Gasteiger partial charge in [-0.2, -0.15) is 0 Å². The molecule has 0 saturated heterocycles. The Morgan fingerprint density at radius 2 is 1.95 bits per heavy atom. The van der Waals surface area contributed by atoms with Gasteiger partial charge >= 0.3 is 0 Å². The molecule has 0 aliphatic rings. The van der Waals surface area contributed by atoms with Crippen LogP contribution in [0, 0.1) is 0 Å². The zero-order valence-electron chi connectivity index (χ0n) is 12.3. The second kappa shape index (κ2) is 8.51. The number of hydrogen-bond acceptors (Lipinski definition) is 3. The third-order valence-corrected chi connectivity index (χ3v) is 3.14. The molecule has 4 heteroatoms. The van der Waals surface area contributed by atoms with Crippen LogP contribution in [-0.2, 0) is 0 Å². The summed E-state index contributed by atoms with van der Waals surface area (Å²) < 4.78 is 0. The number of carbonyl (C=O) groups excluding carboxylic acids is 1. The molecule has 0 spiro atoms. The highest BCUT2D eigenvalue weighted by molar-refractivity contribution is 5.92. The molecule has 1 heterocycles. The Kier molecular flexibility index (Phi) is 6.93. The van der Waals surface area contributed by atoms with Crippen molar-refractivity contribution < 1.29 is 4.79 Å². The second-order valence-electron chi connectivity index (χ2n) is 4.54. The van der Waals surface area contributed by atoms with E-state index in [1.807, 2.05) is 19.9 Å². The molecule has 0 radical (unpaired) electrons.